The summed E-state index contributed by atoms with van der Waals surface area (Å²) in [6.07, 6.45) is 5.66. The molecule has 2 aromatic rings. The molecule has 1 fully saturated rings. The smallest absolute Gasteiger partial charge is 0.163 e. The maximum Gasteiger partial charge on any atom is 0.163 e. The topological polar surface area (TPSA) is 51.9 Å². The highest BCUT2D eigenvalue weighted by molar-refractivity contribution is 6.31. The van der Waals surface area contributed by atoms with Crippen molar-refractivity contribution in [1.29, 1.82) is 0 Å². The summed E-state index contributed by atoms with van der Waals surface area (Å²) in [7, 11) is 0. The molecule has 1 unspecified atom stereocenters. The zero-order valence-electron chi connectivity index (χ0n) is 14.7. The molecule has 0 saturated carbocycles. The Morgan fingerprint density at radius 2 is 2.31 bits per heavy atom. The van der Waals surface area contributed by atoms with Gasteiger partial charge in [-0.05, 0) is 43.3 Å². The van der Waals surface area contributed by atoms with E-state index in [1.165, 1.54) is 6.92 Å². The molecule has 2 heterocycles. The molecule has 0 N–H and O–H groups in total. The van der Waals surface area contributed by atoms with Gasteiger partial charge in [0, 0.05) is 24.7 Å². The van der Waals surface area contributed by atoms with Crippen LogP contribution in [0.1, 0.15) is 23.0 Å². The van der Waals surface area contributed by atoms with Gasteiger partial charge in [-0.1, -0.05) is 17.7 Å². The summed E-state index contributed by atoms with van der Waals surface area (Å²) in [6, 6.07) is 8.87. The van der Waals surface area contributed by atoms with Gasteiger partial charge >= 0.3 is 0 Å². The molecular weight excluding hydrogens is 354 g/mol. The third-order valence-electron chi connectivity index (χ3n) is 4.16. The highest BCUT2D eigenvalue weighted by Crippen LogP contribution is 2.24. The first-order valence-corrected chi connectivity index (χ1v) is 8.97. The Balaban J connectivity index is 1.52. The molecule has 1 saturated heterocycles. The molecule has 138 valence electrons. The Morgan fingerprint density at radius 3 is 3.08 bits per heavy atom. The summed E-state index contributed by atoms with van der Waals surface area (Å²) in [6.45, 7) is 5.01. The maximum absolute atomic E-state index is 11.7. The van der Waals surface area contributed by atoms with Gasteiger partial charge < -0.3 is 13.9 Å². The highest BCUT2D eigenvalue weighted by atomic mass is 35.5. The third-order valence-corrected chi connectivity index (χ3v) is 4.39. The van der Waals surface area contributed by atoms with Crippen molar-refractivity contribution >= 4 is 23.5 Å². The number of rotatable bonds is 7. The largest absolute Gasteiger partial charge is 0.490 e. The van der Waals surface area contributed by atoms with E-state index in [9.17, 15) is 4.79 Å². The minimum Gasteiger partial charge on any atom is -0.490 e. The number of nitrogens with zero attached hydrogens (tertiary/aromatic N) is 1. The number of furan rings is 1. The molecular formula is C20H22ClNO4. The fourth-order valence-electron chi connectivity index (χ4n) is 2.84. The Bertz CT molecular complexity index is 757. The van der Waals surface area contributed by atoms with Crippen LogP contribution in [-0.4, -0.2) is 49.6 Å². The second-order valence-corrected chi connectivity index (χ2v) is 6.61. The fraction of sp³-hybridized carbons (Fsp3) is 0.350. The number of carbonyl (C=O) groups excluding carboxylic acids is 1. The molecule has 1 aromatic heterocycles. The normalized spacial score (nSPS) is 18.3. The van der Waals surface area contributed by atoms with Gasteiger partial charge in [0.15, 0.2) is 5.78 Å². The summed E-state index contributed by atoms with van der Waals surface area (Å²) in [5.41, 5.74) is 0.492. The van der Waals surface area contributed by atoms with E-state index in [4.69, 9.17) is 25.5 Å². The van der Waals surface area contributed by atoms with Gasteiger partial charge in [-0.2, -0.15) is 0 Å². The van der Waals surface area contributed by atoms with Gasteiger partial charge in [0.1, 0.15) is 24.2 Å². The number of carbonyl (C=O) groups is 1. The predicted octanol–water partition coefficient (Wildman–Crippen LogP) is 3.93. The molecule has 0 bridgehead atoms. The van der Waals surface area contributed by atoms with Crippen LogP contribution in [0.3, 0.4) is 0 Å². The van der Waals surface area contributed by atoms with Crippen molar-refractivity contribution in [3.63, 3.8) is 0 Å². The maximum atomic E-state index is 11.7. The first kappa shape index (κ1) is 18.7. The average molecular weight is 376 g/mol. The Kier molecular flexibility index (Phi) is 6.50. The molecule has 0 spiro atoms. The van der Waals surface area contributed by atoms with E-state index in [1.807, 2.05) is 18.2 Å². The van der Waals surface area contributed by atoms with Crippen molar-refractivity contribution in [3.05, 3.63) is 59.0 Å². The molecule has 3 rings (SSSR count). The average Bonchev–Trinajstić information content (AvgIpc) is 3.14. The molecule has 0 aliphatic carbocycles. The number of benzene rings is 1. The molecule has 1 aliphatic rings. The SMILES string of the molecule is CC(=O)c1cc(Cl)ccc1OCC1CN(C/C=C\c2ccco2)CCO1. The standard InChI is InChI=1S/C20H22ClNO4/c1-15(23)19-12-16(21)6-7-20(19)26-14-18-13-22(9-11-25-18)8-2-4-17-5-3-10-24-17/h2-7,10,12,18H,8-9,11,13-14H2,1H3/b4-2-. The summed E-state index contributed by atoms with van der Waals surface area (Å²) in [5, 5.41) is 0.519. The van der Waals surface area contributed by atoms with Crippen LogP contribution in [0.4, 0.5) is 0 Å². The van der Waals surface area contributed by atoms with Gasteiger partial charge in [0.2, 0.25) is 0 Å². The molecule has 26 heavy (non-hydrogen) atoms. The van der Waals surface area contributed by atoms with Crippen LogP contribution in [-0.2, 0) is 4.74 Å². The number of ether oxygens (including phenoxy) is 2. The second-order valence-electron chi connectivity index (χ2n) is 6.18. The second kappa shape index (κ2) is 9.03. The number of hydrogen-bond acceptors (Lipinski definition) is 5. The van der Waals surface area contributed by atoms with Crippen LogP contribution in [0.2, 0.25) is 5.02 Å². The van der Waals surface area contributed by atoms with Crippen molar-refractivity contribution in [1.82, 2.24) is 4.90 Å². The lowest BCUT2D eigenvalue weighted by atomic mass is 10.1. The Morgan fingerprint density at radius 1 is 1.42 bits per heavy atom. The molecule has 1 atom stereocenters. The number of ketones is 1. The first-order chi connectivity index (χ1) is 12.6. The van der Waals surface area contributed by atoms with Crippen LogP contribution in [0.5, 0.6) is 5.75 Å². The fourth-order valence-corrected chi connectivity index (χ4v) is 3.01. The molecule has 5 nitrogen and oxygen atoms in total. The minimum atomic E-state index is -0.0725. The number of Topliss-reactive ketones (excluding diaryl/α,β-unsaturated/α-hetero) is 1. The predicted molar refractivity (Wildman–Crippen MR) is 101 cm³/mol. The lowest BCUT2D eigenvalue weighted by Gasteiger charge is -2.32. The van der Waals surface area contributed by atoms with E-state index in [-0.39, 0.29) is 11.9 Å². The van der Waals surface area contributed by atoms with Gasteiger partial charge in [0.25, 0.3) is 0 Å². The number of morpholine rings is 1. The molecule has 0 radical (unpaired) electrons. The van der Waals surface area contributed by atoms with Crippen LogP contribution < -0.4 is 4.74 Å². The summed E-state index contributed by atoms with van der Waals surface area (Å²) >= 11 is 5.96. The monoisotopic (exact) mass is 375 g/mol. The first-order valence-electron chi connectivity index (χ1n) is 8.59. The van der Waals surface area contributed by atoms with Crippen molar-refractivity contribution in [2.24, 2.45) is 0 Å². The van der Waals surface area contributed by atoms with Gasteiger partial charge in [0.05, 0.1) is 18.4 Å². The van der Waals surface area contributed by atoms with E-state index in [0.29, 0.717) is 29.5 Å². The lowest BCUT2D eigenvalue weighted by molar-refractivity contribution is -0.0446. The lowest BCUT2D eigenvalue weighted by Crippen LogP contribution is -2.44. The van der Waals surface area contributed by atoms with Gasteiger partial charge in [-0.3, -0.25) is 9.69 Å². The molecule has 1 aliphatic heterocycles. The molecule has 1 aromatic carbocycles. The van der Waals surface area contributed by atoms with E-state index in [1.54, 1.807) is 24.5 Å². The summed E-state index contributed by atoms with van der Waals surface area (Å²) in [5.74, 6) is 1.31. The van der Waals surface area contributed by atoms with Crippen LogP contribution in [0.15, 0.2) is 47.1 Å². The Hall–Kier alpha value is -2.08. The number of halogens is 1. The van der Waals surface area contributed by atoms with Crippen molar-refractivity contribution < 1.29 is 18.7 Å². The third kappa shape index (κ3) is 5.21. The van der Waals surface area contributed by atoms with E-state index >= 15 is 0 Å². The van der Waals surface area contributed by atoms with E-state index < -0.39 is 0 Å². The van der Waals surface area contributed by atoms with Gasteiger partial charge in [-0.25, -0.2) is 0 Å². The van der Waals surface area contributed by atoms with E-state index in [0.717, 1.165) is 25.4 Å². The summed E-state index contributed by atoms with van der Waals surface area (Å²) in [4.78, 5) is 14.0. The van der Waals surface area contributed by atoms with Crippen LogP contribution >= 0.6 is 11.6 Å². The van der Waals surface area contributed by atoms with Crippen molar-refractivity contribution in [3.8, 4) is 5.75 Å². The molecule has 0 amide bonds. The summed E-state index contributed by atoms with van der Waals surface area (Å²) < 4.78 is 16.9. The molecule has 6 heteroatoms. The van der Waals surface area contributed by atoms with E-state index in [2.05, 4.69) is 11.0 Å². The van der Waals surface area contributed by atoms with Gasteiger partial charge in [-0.15, -0.1) is 0 Å². The number of hydrogen-bond donors (Lipinski definition) is 0. The Labute approximate surface area is 158 Å². The van der Waals surface area contributed by atoms with Crippen molar-refractivity contribution in [2.75, 3.05) is 32.8 Å². The zero-order chi connectivity index (χ0) is 18.4. The highest BCUT2D eigenvalue weighted by Gasteiger charge is 2.21. The van der Waals surface area contributed by atoms with Crippen LogP contribution in [0.25, 0.3) is 6.08 Å². The van der Waals surface area contributed by atoms with Crippen molar-refractivity contribution in [2.45, 2.75) is 13.0 Å². The minimum absolute atomic E-state index is 0.0451. The van der Waals surface area contributed by atoms with Crippen LogP contribution in [0, 0.1) is 0 Å². The zero-order valence-corrected chi connectivity index (χ0v) is 15.4. The quantitative estimate of drug-likeness (QED) is 0.686.